The van der Waals surface area contributed by atoms with Gasteiger partial charge >= 0.3 is 0 Å². The van der Waals surface area contributed by atoms with Crippen LogP contribution in [0.4, 0.5) is 0 Å². The van der Waals surface area contributed by atoms with Crippen LogP contribution in [0.25, 0.3) is 0 Å². The van der Waals surface area contributed by atoms with Crippen molar-refractivity contribution in [3.63, 3.8) is 0 Å². The molecule has 0 radical (unpaired) electrons. The van der Waals surface area contributed by atoms with Crippen molar-refractivity contribution in [1.29, 1.82) is 0 Å². The Morgan fingerprint density at radius 3 is 2.60 bits per heavy atom. The van der Waals surface area contributed by atoms with Crippen LogP contribution in [0, 0.1) is 0 Å². The molecule has 2 aromatic rings. The summed E-state index contributed by atoms with van der Waals surface area (Å²) < 4.78 is 17.4. The summed E-state index contributed by atoms with van der Waals surface area (Å²) in [6.07, 6.45) is 3.03. The van der Waals surface area contributed by atoms with Crippen LogP contribution in [0.3, 0.4) is 0 Å². The van der Waals surface area contributed by atoms with Gasteiger partial charge in [-0.3, -0.25) is 14.5 Å². The molecule has 3 aliphatic heterocycles. The minimum Gasteiger partial charge on any atom is -0.493 e. The first kappa shape index (κ1) is 24.9. The Morgan fingerprint density at radius 1 is 1.03 bits per heavy atom. The Labute approximate surface area is 206 Å². The van der Waals surface area contributed by atoms with Gasteiger partial charge in [0, 0.05) is 26.1 Å². The second kappa shape index (κ2) is 11.9. The van der Waals surface area contributed by atoms with Gasteiger partial charge in [0.25, 0.3) is 5.91 Å². The van der Waals surface area contributed by atoms with Gasteiger partial charge in [0.1, 0.15) is 11.9 Å². The molecule has 2 N–H and O–H groups in total. The lowest BCUT2D eigenvalue weighted by Crippen LogP contribution is -2.45. The quantitative estimate of drug-likeness (QED) is 0.698. The van der Waals surface area contributed by atoms with Crippen molar-refractivity contribution in [2.45, 2.75) is 51.3 Å². The fraction of sp³-hybridized carbons (Fsp3) is 0.481. The van der Waals surface area contributed by atoms with Crippen molar-refractivity contribution in [3.8, 4) is 17.2 Å². The molecular formula is C27H35N3O5. The molecule has 35 heavy (non-hydrogen) atoms. The normalized spacial score (nSPS) is 21.4. The molecule has 8 nitrogen and oxygen atoms in total. The van der Waals surface area contributed by atoms with Crippen molar-refractivity contribution in [2.24, 2.45) is 0 Å². The first-order chi connectivity index (χ1) is 17.0. The molecule has 3 aliphatic rings. The largest absolute Gasteiger partial charge is 0.493 e. The molecule has 0 unspecified atom stereocenters. The number of nitrogens with zero attached hydrogens (tertiary/aromatic N) is 1. The van der Waals surface area contributed by atoms with E-state index in [9.17, 15) is 9.59 Å². The van der Waals surface area contributed by atoms with E-state index >= 15 is 0 Å². The third-order valence-electron chi connectivity index (χ3n) is 6.44. The van der Waals surface area contributed by atoms with Gasteiger partial charge < -0.3 is 24.8 Å². The van der Waals surface area contributed by atoms with Gasteiger partial charge in [0.2, 0.25) is 5.91 Å². The zero-order valence-corrected chi connectivity index (χ0v) is 20.5. The van der Waals surface area contributed by atoms with E-state index in [4.69, 9.17) is 14.2 Å². The number of likely N-dealkylation sites (tertiary alicyclic amines) is 1. The number of rotatable bonds is 4. The van der Waals surface area contributed by atoms with Crippen molar-refractivity contribution in [3.05, 3.63) is 53.6 Å². The van der Waals surface area contributed by atoms with Crippen LogP contribution in [0.1, 0.15) is 37.3 Å². The minimum atomic E-state index is -0.226. The summed E-state index contributed by atoms with van der Waals surface area (Å²) in [5.74, 6) is 1.55. The zero-order chi connectivity index (χ0) is 24.6. The second-order valence-electron chi connectivity index (χ2n) is 9.14. The number of carbonyl (C=O) groups is 2. The summed E-state index contributed by atoms with van der Waals surface area (Å²) in [4.78, 5) is 27.6. The highest BCUT2D eigenvalue weighted by Gasteiger charge is 2.35. The lowest BCUT2D eigenvalue weighted by molar-refractivity contribution is -0.123. The summed E-state index contributed by atoms with van der Waals surface area (Å²) in [6, 6.07) is 13.2. The number of carbonyl (C=O) groups excluding carboxylic acids is 2. The number of aryl methyl sites for hydroxylation is 1. The number of fused-ring (bicyclic) bond motifs is 9. The summed E-state index contributed by atoms with van der Waals surface area (Å²) in [5.41, 5.74) is 1.90. The minimum absolute atomic E-state index is 0.00753. The van der Waals surface area contributed by atoms with E-state index in [0.29, 0.717) is 30.9 Å². The predicted octanol–water partition coefficient (Wildman–Crippen LogP) is 2.68. The number of nitrogens with one attached hydrogen (secondary N) is 2. The van der Waals surface area contributed by atoms with E-state index in [1.54, 1.807) is 13.2 Å². The van der Waals surface area contributed by atoms with Crippen LogP contribution in [0.2, 0.25) is 0 Å². The van der Waals surface area contributed by atoms with Gasteiger partial charge in [-0.1, -0.05) is 31.5 Å². The van der Waals surface area contributed by atoms with E-state index in [2.05, 4.69) is 22.5 Å². The lowest BCUT2D eigenvalue weighted by Gasteiger charge is -2.21. The van der Waals surface area contributed by atoms with Crippen molar-refractivity contribution in [1.82, 2.24) is 15.5 Å². The summed E-state index contributed by atoms with van der Waals surface area (Å²) in [5, 5.41) is 6.09. The average Bonchev–Trinajstić information content (AvgIpc) is 3.24. The number of ether oxygens (including phenoxy) is 3. The third-order valence-corrected chi connectivity index (χ3v) is 6.44. The molecule has 0 saturated carbocycles. The van der Waals surface area contributed by atoms with Crippen LogP contribution in [0.15, 0.2) is 42.5 Å². The molecule has 1 saturated heterocycles. The highest BCUT2D eigenvalue weighted by molar-refractivity contribution is 5.78. The van der Waals surface area contributed by atoms with Gasteiger partial charge in [0.05, 0.1) is 13.2 Å². The lowest BCUT2D eigenvalue weighted by atomic mass is 10.1. The molecule has 2 aromatic carbocycles. The number of hydrogen-bond donors (Lipinski definition) is 2. The summed E-state index contributed by atoms with van der Waals surface area (Å²) in [6.45, 7) is 5.01. The van der Waals surface area contributed by atoms with Gasteiger partial charge in [-0.15, -0.1) is 0 Å². The van der Waals surface area contributed by atoms with E-state index < -0.39 is 0 Å². The zero-order valence-electron chi connectivity index (χ0n) is 20.5. The first-order valence-corrected chi connectivity index (χ1v) is 12.4. The topological polar surface area (TPSA) is 89.1 Å². The molecule has 0 aliphatic carbocycles. The van der Waals surface area contributed by atoms with Crippen LogP contribution in [0.5, 0.6) is 17.2 Å². The fourth-order valence-corrected chi connectivity index (χ4v) is 4.46. The van der Waals surface area contributed by atoms with E-state index in [1.165, 1.54) is 0 Å². The molecule has 0 aromatic heterocycles. The number of amides is 2. The highest BCUT2D eigenvalue weighted by atomic mass is 16.5. The van der Waals surface area contributed by atoms with Gasteiger partial charge in [-0.25, -0.2) is 0 Å². The van der Waals surface area contributed by atoms with E-state index in [1.807, 2.05) is 36.4 Å². The standard InChI is InChI=1S/C27H35N3O5/c1-3-4-13-30-16-22-25(17-30)35-21-9-5-20(6-10-21)15-28-27(32)18-34-24-14-19(7-11-23(24)33-2)8-12-26(31)29-22/h5-7,9-11,14,22,25H,3-4,8,12-13,15-18H2,1-2H3,(H,28,32)(H,29,31)/t22-,25-/m0/s1. The molecule has 2 amide bonds. The third kappa shape index (κ3) is 6.88. The van der Waals surface area contributed by atoms with Gasteiger partial charge in [-0.2, -0.15) is 0 Å². The number of unbranched alkanes of at least 4 members (excludes halogenated alkanes) is 1. The Bertz CT molecular complexity index is 1010. The molecule has 188 valence electrons. The van der Waals surface area contributed by atoms with E-state index in [-0.39, 0.29) is 30.6 Å². The summed E-state index contributed by atoms with van der Waals surface area (Å²) in [7, 11) is 1.56. The maximum Gasteiger partial charge on any atom is 0.258 e. The Kier molecular flexibility index (Phi) is 8.47. The second-order valence-corrected chi connectivity index (χ2v) is 9.14. The SMILES string of the molecule is CCCCN1C[C@@H]2NC(=O)CCc3ccc(OC)c(c3)OCC(=O)NCc3ccc(cc3)O[C@H]2C1. The maximum atomic E-state index is 12.9. The number of hydrogen-bond acceptors (Lipinski definition) is 6. The average molecular weight is 482 g/mol. The maximum absolute atomic E-state index is 12.9. The fourth-order valence-electron chi connectivity index (χ4n) is 4.46. The predicted molar refractivity (Wildman–Crippen MR) is 133 cm³/mol. The van der Waals surface area contributed by atoms with Crippen LogP contribution < -0.4 is 24.8 Å². The van der Waals surface area contributed by atoms with E-state index in [0.717, 1.165) is 49.4 Å². The first-order valence-electron chi connectivity index (χ1n) is 12.4. The van der Waals surface area contributed by atoms with Crippen LogP contribution in [-0.2, 0) is 22.6 Å². The van der Waals surface area contributed by atoms with Crippen LogP contribution in [-0.4, -0.2) is 62.2 Å². The summed E-state index contributed by atoms with van der Waals surface area (Å²) >= 11 is 0. The smallest absolute Gasteiger partial charge is 0.258 e. The molecule has 2 atom stereocenters. The van der Waals surface area contributed by atoms with Crippen molar-refractivity contribution in [2.75, 3.05) is 33.4 Å². The van der Waals surface area contributed by atoms with Crippen LogP contribution >= 0.6 is 0 Å². The molecule has 3 heterocycles. The molecular weight excluding hydrogens is 446 g/mol. The van der Waals surface area contributed by atoms with Gasteiger partial charge in [0.15, 0.2) is 18.1 Å². The molecule has 0 spiro atoms. The van der Waals surface area contributed by atoms with Crippen molar-refractivity contribution < 1.29 is 23.8 Å². The molecule has 1 fully saturated rings. The van der Waals surface area contributed by atoms with Crippen molar-refractivity contribution >= 4 is 11.8 Å². The number of benzene rings is 2. The Hall–Kier alpha value is -3.26. The number of methoxy groups -OCH3 is 1. The molecule has 5 rings (SSSR count). The van der Waals surface area contributed by atoms with Gasteiger partial charge in [-0.05, 0) is 54.8 Å². The monoisotopic (exact) mass is 481 g/mol. The Balaban J connectivity index is 1.54. The molecule has 4 bridgehead atoms. The Morgan fingerprint density at radius 2 is 1.83 bits per heavy atom. The molecule has 8 heteroatoms. The highest BCUT2D eigenvalue weighted by Crippen LogP contribution is 2.28.